The Kier molecular flexibility index (Phi) is 5.98. The molecule has 1 atom stereocenters. The van der Waals surface area contributed by atoms with Gasteiger partial charge in [0.25, 0.3) is 0 Å². The molecule has 22 heavy (non-hydrogen) atoms. The van der Waals surface area contributed by atoms with E-state index in [0.717, 1.165) is 16.9 Å². The summed E-state index contributed by atoms with van der Waals surface area (Å²) >= 11 is 0. The van der Waals surface area contributed by atoms with E-state index in [4.69, 9.17) is 10.5 Å². The molecule has 0 bridgehead atoms. The van der Waals surface area contributed by atoms with Crippen molar-refractivity contribution < 1.29 is 9.53 Å². The molecular weight excluding hydrogens is 276 g/mol. The highest BCUT2D eigenvalue weighted by Gasteiger charge is 2.13. The second kappa shape index (κ2) is 8.20. The van der Waals surface area contributed by atoms with Gasteiger partial charge in [0.15, 0.2) is 0 Å². The van der Waals surface area contributed by atoms with Crippen molar-refractivity contribution in [3.8, 4) is 5.75 Å². The van der Waals surface area contributed by atoms with E-state index in [1.165, 1.54) is 0 Å². The molecule has 0 heterocycles. The number of rotatable bonds is 7. The van der Waals surface area contributed by atoms with Crippen molar-refractivity contribution in [2.24, 2.45) is 5.73 Å². The van der Waals surface area contributed by atoms with Crippen molar-refractivity contribution in [2.45, 2.75) is 25.9 Å². The van der Waals surface area contributed by atoms with Crippen LogP contribution in [0.4, 0.5) is 0 Å². The molecule has 0 radical (unpaired) electrons. The molecule has 0 fully saturated rings. The van der Waals surface area contributed by atoms with Crippen molar-refractivity contribution in [3.63, 3.8) is 0 Å². The van der Waals surface area contributed by atoms with Crippen molar-refractivity contribution in [1.29, 1.82) is 0 Å². The monoisotopic (exact) mass is 298 g/mol. The van der Waals surface area contributed by atoms with Crippen LogP contribution in [-0.2, 0) is 17.8 Å². The summed E-state index contributed by atoms with van der Waals surface area (Å²) < 4.78 is 5.44. The van der Waals surface area contributed by atoms with Gasteiger partial charge in [0, 0.05) is 6.54 Å². The summed E-state index contributed by atoms with van der Waals surface area (Å²) in [7, 11) is 0. The number of hydrogen-bond acceptors (Lipinski definition) is 3. The van der Waals surface area contributed by atoms with Crippen LogP contribution in [0.25, 0.3) is 0 Å². The Bertz CT molecular complexity index is 599. The Morgan fingerprint density at radius 1 is 1.14 bits per heavy atom. The second-order valence-electron chi connectivity index (χ2n) is 5.09. The van der Waals surface area contributed by atoms with Gasteiger partial charge in [0.2, 0.25) is 5.91 Å². The van der Waals surface area contributed by atoms with E-state index < -0.39 is 6.04 Å². The average Bonchev–Trinajstić information content (AvgIpc) is 2.54. The van der Waals surface area contributed by atoms with Crippen molar-refractivity contribution in [1.82, 2.24) is 5.32 Å². The number of nitrogens with two attached hydrogens (primary N) is 1. The van der Waals surface area contributed by atoms with E-state index in [2.05, 4.69) is 5.32 Å². The minimum Gasteiger partial charge on any atom is -0.494 e. The van der Waals surface area contributed by atoms with E-state index in [0.29, 0.717) is 19.6 Å². The number of benzene rings is 2. The SMILES string of the molecule is CCOc1cccc(CNC(=O)[C@@H](N)Cc2ccccc2)c1. The van der Waals surface area contributed by atoms with Crippen LogP contribution in [-0.4, -0.2) is 18.6 Å². The largest absolute Gasteiger partial charge is 0.494 e. The number of hydrogen-bond donors (Lipinski definition) is 2. The van der Waals surface area contributed by atoms with Crippen LogP contribution < -0.4 is 15.8 Å². The van der Waals surface area contributed by atoms with Gasteiger partial charge in [-0.2, -0.15) is 0 Å². The smallest absolute Gasteiger partial charge is 0.237 e. The molecule has 1 amide bonds. The van der Waals surface area contributed by atoms with Crippen molar-refractivity contribution in [3.05, 3.63) is 65.7 Å². The average molecular weight is 298 g/mol. The molecule has 0 aromatic heterocycles. The highest BCUT2D eigenvalue weighted by Crippen LogP contribution is 2.13. The van der Waals surface area contributed by atoms with Crippen LogP contribution in [0.2, 0.25) is 0 Å². The summed E-state index contributed by atoms with van der Waals surface area (Å²) in [6, 6.07) is 16.9. The van der Waals surface area contributed by atoms with Gasteiger partial charge in [-0.25, -0.2) is 0 Å². The standard InChI is InChI=1S/C18H22N2O2/c1-2-22-16-10-6-9-15(11-16)13-20-18(21)17(19)12-14-7-4-3-5-8-14/h3-11,17H,2,12-13,19H2,1H3,(H,20,21)/t17-/m0/s1. The van der Waals surface area contributed by atoms with Crippen LogP contribution in [0, 0.1) is 0 Å². The number of nitrogens with one attached hydrogen (secondary N) is 1. The van der Waals surface area contributed by atoms with Crippen LogP contribution in [0.3, 0.4) is 0 Å². The third kappa shape index (κ3) is 4.90. The molecule has 0 spiro atoms. The first-order valence-electron chi connectivity index (χ1n) is 7.48. The first-order chi connectivity index (χ1) is 10.7. The van der Waals surface area contributed by atoms with E-state index >= 15 is 0 Å². The minimum absolute atomic E-state index is 0.148. The Hall–Kier alpha value is -2.33. The zero-order valence-corrected chi connectivity index (χ0v) is 12.8. The highest BCUT2D eigenvalue weighted by molar-refractivity contribution is 5.81. The van der Waals surface area contributed by atoms with Gasteiger partial charge < -0.3 is 15.8 Å². The van der Waals surface area contributed by atoms with Gasteiger partial charge >= 0.3 is 0 Å². The lowest BCUT2D eigenvalue weighted by Crippen LogP contribution is -2.41. The van der Waals surface area contributed by atoms with E-state index in [-0.39, 0.29) is 5.91 Å². The highest BCUT2D eigenvalue weighted by atomic mass is 16.5. The predicted molar refractivity (Wildman–Crippen MR) is 87.6 cm³/mol. The second-order valence-corrected chi connectivity index (χ2v) is 5.09. The van der Waals surface area contributed by atoms with E-state index in [9.17, 15) is 4.79 Å². The van der Waals surface area contributed by atoms with Gasteiger partial charge in [-0.1, -0.05) is 42.5 Å². The molecule has 4 nitrogen and oxygen atoms in total. The number of carbonyl (C=O) groups is 1. The summed E-state index contributed by atoms with van der Waals surface area (Å²) in [6.45, 7) is 3.01. The van der Waals surface area contributed by atoms with Crippen LogP contribution >= 0.6 is 0 Å². The molecule has 2 aromatic carbocycles. The fraction of sp³-hybridized carbons (Fsp3) is 0.278. The Morgan fingerprint density at radius 2 is 1.86 bits per heavy atom. The minimum atomic E-state index is -0.544. The Labute approximate surface area is 131 Å². The summed E-state index contributed by atoms with van der Waals surface area (Å²) in [5, 5.41) is 2.87. The number of carbonyl (C=O) groups excluding carboxylic acids is 1. The molecule has 2 rings (SSSR count). The topological polar surface area (TPSA) is 64.3 Å². The molecular formula is C18H22N2O2. The van der Waals surface area contributed by atoms with E-state index in [1.54, 1.807) is 0 Å². The summed E-state index contributed by atoms with van der Waals surface area (Å²) in [5.74, 6) is 0.661. The zero-order valence-electron chi connectivity index (χ0n) is 12.8. The third-order valence-corrected chi connectivity index (χ3v) is 3.31. The lowest BCUT2D eigenvalue weighted by molar-refractivity contribution is -0.122. The molecule has 116 valence electrons. The molecule has 0 aliphatic rings. The van der Waals surface area contributed by atoms with Gasteiger partial charge in [-0.15, -0.1) is 0 Å². The molecule has 0 saturated carbocycles. The molecule has 0 aliphatic heterocycles. The summed E-state index contributed by atoms with van der Waals surface area (Å²) in [6.07, 6.45) is 0.533. The first kappa shape index (κ1) is 16.0. The Balaban J connectivity index is 1.85. The molecule has 4 heteroatoms. The number of amides is 1. The molecule has 3 N–H and O–H groups in total. The van der Waals surface area contributed by atoms with Gasteiger partial charge in [-0.05, 0) is 36.6 Å². The fourth-order valence-corrected chi connectivity index (χ4v) is 2.19. The van der Waals surface area contributed by atoms with E-state index in [1.807, 2.05) is 61.5 Å². The lowest BCUT2D eigenvalue weighted by Gasteiger charge is -2.13. The quantitative estimate of drug-likeness (QED) is 0.824. The predicted octanol–water partition coefficient (Wildman–Crippen LogP) is 2.27. The van der Waals surface area contributed by atoms with Crippen LogP contribution in [0.1, 0.15) is 18.1 Å². The summed E-state index contributed by atoms with van der Waals surface area (Å²) in [4.78, 5) is 12.1. The lowest BCUT2D eigenvalue weighted by atomic mass is 10.1. The van der Waals surface area contributed by atoms with Crippen molar-refractivity contribution in [2.75, 3.05) is 6.61 Å². The van der Waals surface area contributed by atoms with Gasteiger partial charge in [0.1, 0.15) is 5.75 Å². The first-order valence-corrected chi connectivity index (χ1v) is 7.48. The third-order valence-electron chi connectivity index (χ3n) is 3.31. The van der Waals surface area contributed by atoms with Crippen LogP contribution in [0.5, 0.6) is 5.75 Å². The summed E-state index contributed by atoms with van der Waals surface area (Å²) in [5.41, 5.74) is 8.00. The molecule has 2 aromatic rings. The number of ether oxygens (including phenoxy) is 1. The van der Waals surface area contributed by atoms with Crippen LogP contribution in [0.15, 0.2) is 54.6 Å². The maximum Gasteiger partial charge on any atom is 0.237 e. The van der Waals surface area contributed by atoms with Gasteiger partial charge in [-0.3, -0.25) is 4.79 Å². The maximum atomic E-state index is 12.1. The van der Waals surface area contributed by atoms with Gasteiger partial charge in [0.05, 0.1) is 12.6 Å². The molecule has 0 saturated heterocycles. The molecule has 0 unspecified atom stereocenters. The normalized spacial score (nSPS) is 11.7. The fourth-order valence-electron chi connectivity index (χ4n) is 2.19. The van der Waals surface area contributed by atoms with Crippen molar-refractivity contribution >= 4 is 5.91 Å². The maximum absolute atomic E-state index is 12.1. The Morgan fingerprint density at radius 3 is 2.59 bits per heavy atom. The molecule has 0 aliphatic carbocycles. The zero-order chi connectivity index (χ0) is 15.8.